The van der Waals surface area contributed by atoms with Gasteiger partial charge in [-0.2, -0.15) is 0 Å². The molecule has 0 radical (unpaired) electrons. The van der Waals surface area contributed by atoms with Gasteiger partial charge in [-0.15, -0.1) is 5.10 Å². The smallest absolute Gasteiger partial charge is 0.253 e. The number of likely N-dealkylation sites (tertiary alicyclic amines) is 1. The van der Waals surface area contributed by atoms with Crippen molar-refractivity contribution < 1.29 is 9.84 Å². The first-order valence-electron chi connectivity index (χ1n) is 11.9. The van der Waals surface area contributed by atoms with Crippen molar-refractivity contribution in [2.24, 2.45) is 0 Å². The normalized spacial score (nSPS) is 16.0. The molecule has 0 spiro atoms. The van der Waals surface area contributed by atoms with Crippen LogP contribution < -0.4 is 10.3 Å². The number of hydrogen-bond donors (Lipinski definition) is 2. The van der Waals surface area contributed by atoms with E-state index >= 15 is 0 Å². The zero-order chi connectivity index (χ0) is 24.5. The van der Waals surface area contributed by atoms with Gasteiger partial charge in [-0.3, -0.25) is 9.69 Å². The Hall–Kier alpha value is -3.56. The van der Waals surface area contributed by atoms with Gasteiger partial charge in [0.1, 0.15) is 11.8 Å². The fraction of sp³-hybridized carbons (Fsp3) is 0.385. The van der Waals surface area contributed by atoms with Crippen molar-refractivity contribution in [3.8, 4) is 5.75 Å². The van der Waals surface area contributed by atoms with E-state index in [4.69, 9.17) is 4.74 Å². The van der Waals surface area contributed by atoms with Gasteiger partial charge >= 0.3 is 0 Å². The third-order valence-electron chi connectivity index (χ3n) is 6.78. The molecule has 4 aromatic rings. The van der Waals surface area contributed by atoms with E-state index in [1.165, 1.54) is 0 Å². The molecular formula is C26H30N6O3. The average Bonchev–Trinajstić information content (AvgIpc) is 3.29. The number of H-pyrrole nitrogens is 1. The van der Waals surface area contributed by atoms with Gasteiger partial charge in [0.15, 0.2) is 5.82 Å². The number of tetrazole rings is 1. The monoisotopic (exact) mass is 474 g/mol. The SMILES string of the molecule is COc1ccc(Cn2nnnc2[C@@H](c2cc3cc(C)cc(C)c3[nH]c2=O)N2CCC(O)CC2)cc1. The number of aliphatic hydroxyl groups excluding tert-OH is 1. The van der Waals surface area contributed by atoms with Crippen LogP contribution in [0.25, 0.3) is 10.9 Å². The summed E-state index contributed by atoms with van der Waals surface area (Å²) in [5, 5.41) is 23.7. The molecule has 1 atom stereocenters. The molecule has 0 saturated carbocycles. The summed E-state index contributed by atoms with van der Waals surface area (Å²) in [6, 6.07) is 13.4. The quantitative estimate of drug-likeness (QED) is 0.442. The molecule has 2 N–H and O–H groups in total. The molecule has 3 heterocycles. The van der Waals surface area contributed by atoms with Gasteiger partial charge in [-0.25, -0.2) is 4.68 Å². The van der Waals surface area contributed by atoms with Gasteiger partial charge in [0.25, 0.3) is 5.56 Å². The molecule has 35 heavy (non-hydrogen) atoms. The second-order valence-corrected chi connectivity index (χ2v) is 9.31. The maximum Gasteiger partial charge on any atom is 0.253 e. The highest BCUT2D eigenvalue weighted by atomic mass is 16.5. The standard InChI is InChI=1S/C26H30N6O3/c1-16-12-17(2)23-19(13-16)14-22(26(34)27-23)24(31-10-8-20(33)9-11-31)25-28-29-30-32(25)15-18-4-6-21(35-3)7-5-18/h4-7,12-14,20,24,33H,8-11,15H2,1-3H3,(H,27,34)/t24-/m1/s1. The van der Waals surface area contributed by atoms with Crippen LogP contribution in [-0.2, 0) is 6.54 Å². The Kier molecular flexibility index (Phi) is 6.36. The van der Waals surface area contributed by atoms with Crippen LogP contribution in [0, 0.1) is 13.8 Å². The van der Waals surface area contributed by atoms with Gasteiger partial charge < -0.3 is 14.8 Å². The van der Waals surface area contributed by atoms with Gasteiger partial charge in [-0.1, -0.05) is 23.8 Å². The van der Waals surface area contributed by atoms with E-state index in [0.29, 0.717) is 43.9 Å². The number of piperidine rings is 1. The van der Waals surface area contributed by atoms with Gasteiger partial charge in [0.05, 0.1) is 25.3 Å². The highest BCUT2D eigenvalue weighted by Gasteiger charge is 2.33. The number of rotatable bonds is 6. The molecule has 1 aliphatic heterocycles. The third-order valence-corrected chi connectivity index (χ3v) is 6.78. The van der Waals surface area contributed by atoms with E-state index in [9.17, 15) is 9.90 Å². The number of aryl methyl sites for hydroxylation is 2. The Morgan fingerprint density at radius 2 is 1.89 bits per heavy atom. The maximum absolute atomic E-state index is 13.4. The highest BCUT2D eigenvalue weighted by molar-refractivity contribution is 5.83. The lowest BCUT2D eigenvalue weighted by Crippen LogP contribution is -2.41. The molecule has 1 fully saturated rings. The second-order valence-electron chi connectivity index (χ2n) is 9.31. The van der Waals surface area contributed by atoms with Crippen LogP contribution in [-0.4, -0.2) is 61.5 Å². The average molecular weight is 475 g/mol. The number of aromatic nitrogens is 5. The van der Waals surface area contributed by atoms with Crippen LogP contribution in [0.5, 0.6) is 5.75 Å². The second kappa shape index (κ2) is 9.59. The minimum absolute atomic E-state index is 0.153. The predicted octanol–water partition coefficient (Wildman–Crippen LogP) is 2.73. The number of aromatic amines is 1. The largest absolute Gasteiger partial charge is 0.497 e. The van der Waals surface area contributed by atoms with E-state index in [2.05, 4.69) is 44.5 Å². The molecule has 1 aliphatic rings. The van der Waals surface area contributed by atoms with E-state index in [1.807, 2.05) is 37.3 Å². The molecule has 0 aliphatic carbocycles. The van der Waals surface area contributed by atoms with Crippen molar-refractivity contribution in [1.82, 2.24) is 30.1 Å². The molecule has 1 saturated heterocycles. The first kappa shape index (κ1) is 23.2. The Balaban J connectivity index is 1.60. The van der Waals surface area contributed by atoms with Crippen molar-refractivity contribution in [1.29, 1.82) is 0 Å². The first-order valence-corrected chi connectivity index (χ1v) is 11.9. The van der Waals surface area contributed by atoms with Crippen LogP contribution >= 0.6 is 0 Å². The fourth-order valence-electron chi connectivity index (χ4n) is 4.97. The molecule has 9 heteroatoms. The summed E-state index contributed by atoms with van der Waals surface area (Å²) in [5.41, 5.74) is 4.48. The summed E-state index contributed by atoms with van der Waals surface area (Å²) in [4.78, 5) is 18.7. The number of aliphatic hydroxyl groups is 1. The highest BCUT2D eigenvalue weighted by Crippen LogP contribution is 2.30. The Labute approximate surface area is 203 Å². The van der Waals surface area contributed by atoms with Crippen molar-refractivity contribution >= 4 is 10.9 Å². The zero-order valence-electron chi connectivity index (χ0n) is 20.2. The molecule has 2 aromatic heterocycles. The molecule has 0 amide bonds. The molecule has 182 valence electrons. The van der Waals surface area contributed by atoms with E-state index < -0.39 is 6.04 Å². The topological polar surface area (TPSA) is 109 Å². The number of nitrogens with zero attached hydrogens (tertiary/aromatic N) is 5. The maximum atomic E-state index is 13.4. The molecule has 2 aromatic carbocycles. The third kappa shape index (κ3) is 4.69. The predicted molar refractivity (Wildman–Crippen MR) is 133 cm³/mol. The Bertz CT molecular complexity index is 1390. The van der Waals surface area contributed by atoms with Gasteiger partial charge in [0, 0.05) is 18.7 Å². The van der Waals surface area contributed by atoms with Crippen molar-refractivity contribution in [2.75, 3.05) is 20.2 Å². The summed E-state index contributed by atoms with van der Waals surface area (Å²) in [5.74, 6) is 1.38. The molecule has 9 nitrogen and oxygen atoms in total. The lowest BCUT2D eigenvalue weighted by Gasteiger charge is -2.35. The fourth-order valence-corrected chi connectivity index (χ4v) is 4.97. The lowest BCUT2D eigenvalue weighted by atomic mass is 9.98. The van der Waals surface area contributed by atoms with Gasteiger partial charge in [0.2, 0.25) is 0 Å². The van der Waals surface area contributed by atoms with E-state index in [1.54, 1.807) is 11.8 Å². The minimum Gasteiger partial charge on any atom is -0.497 e. The number of pyridine rings is 1. The van der Waals surface area contributed by atoms with Crippen LogP contribution in [0.15, 0.2) is 47.3 Å². The summed E-state index contributed by atoms with van der Waals surface area (Å²) < 4.78 is 7.02. The number of methoxy groups -OCH3 is 1. The Morgan fingerprint density at radius 3 is 2.60 bits per heavy atom. The molecular weight excluding hydrogens is 444 g/mol. The minimum atomic E-state index is -0.440. The van der Waals surface area contributed by atoms with Crippen molar-refractivity contribution in [3.05, 3.63) is 80.9 Å². The Morgan fingerprint density at radius 1 is 1.14 bits per heavy atom. The molecule has 0 unspecified atom stereocenters. The summed E-state index contributed by atoms with van der Waals surface area (Å²) in [6.45, 7) is 5.81. The first-order chi connectivity index (χ1) is 16.9. The van der Waals surface area contributed by atoms with E-state index in [0.717, 1.165) is 33.3 Å². The molecule has 5 rings (SSSR count). The van der Waals surface area contributed by atoms with Gasteiger partial charge in [-0.05, 0) is 77.9 Å². The molecule has 0 bridgehead atoms. The summed E-state index contributed by atoms with van der Waals surface area (Å²) in [7, 11) is 1.64. The van der Waals surface area contributed by atoms with E-state index in [-0.39, 0.29) is 11.7 Å². The summed E-state index contributed by atoms with van der Waals surface area (Å²) >= 11 is 0. The van der Waals surface area contributed by atoms with Crippen LogP contribution in [0.4, 0.5) is 0 Å². The number of fused-ring (bicyclic) bond motifs is 1. The number of benzene rings is 2. The number of nitrogens with one attached hydrogen (secondary N) is 1. The zero-order valence-corrected chi connectivity index (χ0v) is 20.2. The lowest BCUT2D eigenvalue weighted by molar-refractivity contribution is 0.0659. The summed E-state index contributed by atoms with van der Waals surface area (Å²) in [6.07, 6.45) is 0.947. The number of hydrogen-bond acceptors (Lipinski definition) is 7. The number of ether oxygens (including phenoxy) is 1. The van der Waals surface area contributed by atoms with Crippen LogP contribution in [0.2, 0.25) is 0 Å². The van der Waals surface area contributed by atoms with Crippen LogP contribution in [0.1, 0.15) is 47.0 Å². The van der Waals surface area contributed by atoms with Crippen molar-refractivity contribution in [3.63, 3.8) is 0 Å². The van der Waals surface area contributed by atoms with Crippen LogP contribution in [0.3, 0.4) is 0 Å². The van der Waals surface area contributed by atoms with Crippen molar-refractivity contribution in [2.45, 2.75) is 45.4 Å².